The molecule has 8 heteroatoms. The fourth-order valence-electron chi connectivity index (χ4n) is 2.91. The maximum atomic E-state index is 12.7. The summed E-state index contributed by atoms with van der Waals surface area (Å²) >= 11 is 6.04. The lowest BCUT2D eigenvalue weighted by atomic mass is 10.1. The van der Waals surface area contributed by atoms with Gasteiger partial charge in [-0.05, 0) is 12.1 Å². The van der Waals surface area contributed by atoms with Crippen molar-refractivity contribution in [2.24, 2.45) is 0 Å². The number of imidazole rings is 1. The number of ether oxygens (including phenoxy) is 2. The third-order valence-electron chi connectivity index (χ3n) is 4.01. The van der Waals surface area contributed by atoms with Crippen molar-refractivity contribution in [2.75, 3.05) is 20.1 Å². The molecule has 0 bridgehead atoms. The lowest BCUT2D eigenvalue weighted by Crippen LogP contribution is -2.28. The minimum Gasteiger partial charge on any atom is -0.497 e. The first-order valence-corrected chi connectivity index (χ1v) is 7.46. The van der Waals surface area contributed by atoms with Gasteiger partial charge in [0.25, 0.3) is 5.56 Å². The van der Waals surface area contributed by atoms with Crippen LogP contribution in [0.3, 0.4) is 0 Å². The molecule has 0 atom stereocenters. The summed E-state index contributed by atoms with van der Waals surface area (Å²) in [6, 6.07) is 6.74. The SMILES string of the molecule is COc1cc(OC)c2c(c1)c(=O)n(N)c1c2nc2cc(Cl)ccn21. The molecule has 0 saturated heterocycles. The van der Waals surface area contributed by atoms with E-state index in [0.717, 1.165) is 4.68 Å². The topological polar surface area (TPSA) is 83.8 Å². The molecule has 0 amide bonds. The molecule has 0 aliphatic rings. The molecule has 3 aromatic heterocycles. The number of rotatable bonds is 2. The number of aromatic nitrogens is 3. The highest BCUT2D eigenvalue weighted by molar-refractivity contribution is 6.30. The van der Waals surface area contributed by atoms with Crippen molar-refractivity contribution in [2.45, 2.75) is 0 Å². The van der Waals surface area contributed by atoms with Crippen LogP contribution in [0, 0.1) is 0 Å². The average molecular weight is 345 g/mol. The fourth-order valence-corrected chi connectivity index (χ4v) is 3.07. The molecule has 0 fully saturated rings. The Bertz CT molecular complexity index is 1180. The molecule has 122 valence electrons. The van der Waals surface area contributed by atoms with E-state index in [4.69, 9.17) is 26.9 Å². The summed E-state index contributed by atoms with van der Waals surface area (Å²) in [5.74, 6) is 7.03. The van der Waals surface area contributed by atoms with E-state index in [9.17, 15) is 4.79 Å². The van der Waals surface area contributed by atoms with Crippen molar-refractivity contribution in [1.29, 1.82) is 0 Å². The fraction of sp³-hybridized carbons (Fsp3) is 0.125. The van der Waals surface area contributed by atoms with Crippen LogP contribution in [0.15, 0.2) is 35.3 Å². The molecular weight excluding hydrogens is 332 g/mol. The minimum atomic E-state index is -0.369. The quantitative estimate of drug-likeness (QED) is 0.563. The first-order chi connectivity index (χ1) is 11.5. The molecule has 4 aromatic rings. The maximum absolute atomic E-state index is 12.7. The second-order valence-corrected chi connectivity index (χ2v) is 5.72. The number of hydrogen-bond acceptors (Lipinski definition) is 5. The number of fused-ring (bicyclic) bond motifs is 5. The molecule has 1 aromatic carbocycles. The van der Waals surface area contributed by atoms with E-state index in [1.54, 1.807) is 34.9 Å². The number of halogens is 1. The largest absolute Gasteiger partial charge is 0.497 e. The smallest absolute Gasteiger partial charge is 0.278 e. The van der Waals surface area contributed by atoms with E-state index < -0.39 is 0 Å². The van der Waals surface area contributed by atoms with Crippen molar-refractivity contribution >= 4 is 39.2 Å². The highest BCUT2D eigenvalue weighted by atomic mass is 35.5. The Balaban J connectivity index is 2.33. The predicted octanol–water partition coefficient (Wildman–Crippen LogP) is 2.19. The number of nitrogen functional groups attached to an aromatic ring is 1. The van der Waals surface area contributed by atoms with Gasteiger partial charge in [-0.1, -0.05) is 11.6 Å². The van der Waals surface area contributed by atoms with E-state index in [2.05, 4.69) is 4.98 Å². The van der Waals surface area contributed by atoms with Crippen LogP contribution in [0.5, 0.6) is 11.5 Å². The van der Waals surface area contributed by atoms with Crippen LogP contribution in [0.4, 0.5) is 0 Å². The zero-order valence-corrected chi connectivity index (χ0v) is 13.7. The van der Waals surface area contributed by atoms with E-state index in [-0.39, 0.29) is 5.56 Å². The molecule has 2 N–H and O–H groups in total. The maximum Gasteiger partial charge on any atom is 0.278 e. The van der Waals surface area contributed by atoms with Crippen LogP contribution >= 0.6 is 11.6 Å². The Morgan fingerprint density at radius 3 is 2.71 bits per heavy atom. The number of methoxy groups -OCH3 is 2. The van der Waals surface area contributed by atoms with Gasteiger partial charge in [-0.25, -0.2) is 9.66 Å². The Morgan fingerprint density at radius 2 is 2.00 bits per heavy atom. The van der Waals surface area contributed by atoms with E-state index in [1.165, 1.54) is 14.2 Å². The van der Waals surface area contributed by atoms with Gasteiger partial charge >= 0.3 is 0 Å². The summed E-state index contributed by atoms with van der Waals surface area (Å²) in [7, 11) is 3.05. The zero-order valence-electron chi connectivity index (χ0n) is 12.9. The summed E-state index contributed by atoms with van der Waals surface area (Å²) in [4.78, 5) is 17.3. The van der Waals surface area contributed by atoms with Gasteiger partial charge in [0.15, 0.2) is 5.65 Å². The van der Waals surface area contributed by atoms with Gasteiger partial charge in [0.05, 0.1) is 25.0 Å². The van der Waals surface area contributed by atoms with Gasteiger partial charge < -0.3 is 15.3 Å². The Labute approximate surface area is 140 Å². The summed E-state index contributed by atoms with van der Waals surface area (Å²) in [5, 5.41) is 1.50. The second kappa shape index (κ2) is 5.04. The summed E-state index contributed by atoms with van der Waals surface area (Å²) < 4.78 is 13.5. The highest BCUT2D eigenvalue weighted by Crippen LogP contribution is 2.34. The van der Waals surface area contributed by atoms with Crippen LogP contribution in [-0.2, 0) is 0 Å². The third-order valence-corrected chi connectivity index (χ3v) is 4.24. The Kier molecular flexibility index (Phi) is 3.07. The van der Waals surface area contributed by atoms with Crippen LogP contribution in [0.2, 0.25) is 5.02 Å². The Morgan fingerprint density at radius 1 is 1.21 bits per heavy atom. The van der Waals surface area contributed by atoms with Crippen LogP contribution in [-0.4, -0.2) is 28.3 Å². The predicted molar refractivity (Wildman–Crippen MR) is 92.7 cm³/mol. The molecule has 0 aliphatic carbocycles. The van der Waals surface area contributed by atoms with Crippen LogP contribution < -0.4 is 20.9 Å². The number of hydrogen-bond donors (Lipinski definition) is 1. The van der Waals surface area contributed by atoms with Gasteiger partial charge in [-0.15, -0.1) is 0 Å². The van der Waals surface area contributed by atoms with Gasteiger partial charge in [-0.2, -0.15) is 0 Å². The first kappa shape index (κ1) is 14.6. The van der Waals surface area contributed by atoms with Crippen LogP contribution in [0.25, 0.3) is 27.6 Å². The summed E-state index contributed by atoms with van der Waals surface area (Å²) in [6.07, 6.45) is 1.72. The molecule has 24 heavy (non-hydrogen) atoms. The van der Waals surface area contributed by atoms with Gasteiger partial charge in [0.1, 0.15) is 22.7 Å². The van der Waals surface area contributed by atoms with Crippen molar-refractivity contribution in [3.63, 3.8) is 0 Å². The van der Waals surface area contributed by atoms with Crippen molar-refractivity contribution in [3.8, 4) is 11.5 Å². The van der Waals surface area contributed by atoms with Gasteiger partial charge in [-0.3, -0.25) is 9.20 Å². The Hall–Kier alpha value is -2.93. The summed E-state index contributed by atoms with van der Waals surface area (Å²) in [5.41, 5.74) is 1.23. The van der Waals surface area contributed by atoms with E-state index in [0.29, 0.717) is 44.1 Å². The lowest BCUT2D eigenvalue weighted by molar-refractivity contribution is 0.398. The lowest BCUT2D eigenvalue weighted by Gasteiger charge is -2.11. The van der Waals surface area contributed by atoms with Gasteiger partial charge in [0, 0.05) is 23.4 Å². The summed E-state index contributed by atoms with van der Waals surface area (Å²) in [6.45, 7) is 0. The monoisotopic (exact) mass is 344 g/mol. The standard InChI is InChI=1S/C16H13ClN4O3/c1-23-9-6-10-13(11(7-9)24-2)14-15(21(18)16(10)22)20-4-3-8(17)5-12(20)19-14/h3-7H,18H2,1-2H3. The van der Waals surface area contributed by atoms with Crippen LogP contribution in [0.1, 0.15) is 0 Å². The third kappa shape index (κ3) is 1.85. The molecule has 3 heterocycles. The number of pyridine rings is 2. The molecule has 0 unspecified atom stereocenters. The normalized spacial score (nSPS) is 11.5. The molecule has 0 aliphatic heterocycles. The van der Waals surface area contributed by atoms with E-state index in [1.807, 2.05) is 0 Å². The molecule has 7 nitrogen and oxygen atoms in total. The number of benzene rings is 1. The van der Waals surface area contributed by atoms with E-state index >= 15 is 0 Å². The first-order valence-electron chi connectivity index (χ1n) is 7.08. The molecule has 4 rings (SSSR count). The van der Waals surface area contributed by atoms with Crippen molar-refractivity contribution < 1.29 is 9.47 Å². The number of nitrogens with zero attached hydrogens (tertiary/aromatic N) is 3. The second-order valence-electron chi connectivity index (χ2n) is 5.28. The van der Waals surface area contributed by atoms with Crippen molar-refractivity contribution in [3.05, 3.63) is 45.8 Å². The highest BCUT2D eigenvalue weighted by Gasteiger charge is 2.19. The molecule has 0 radical (unpaired) electrons. The van der Waals surface area contributed by atoms with Gasteiger partial charge in [0.2, 0.25) is 0 Å². The zero-order chi connectivity index (χ0) is 17.0. The molecule has 0 saturated carbocycles. The van der Waals surface area contributed by atoms with Crippen molar-refractivity contribution in [1.82, 2.24) is 14.1 Å². The number of nitrogens with two attached hydrogens (primary N) is 1. The molecule has 0 spiro atoms. The molecular formula is C16H13ClN4O3. The minimum absolute atomic E-state index is 0.369. The average Bonchev–Trinajstić information content (AvgIpc) is 2.96.